The van der Waals surface area contributed by atoms with Crippen molar-refractivity contribution < 1.29 is 0 Å². The molecule has 1 rings (SSSR count). The van der Waals surface area contributed by atoms with Crippen molar-refractivity contribution in [3.8, 4) is 0 Å². The summed E-state index contributed by atoms with van der Waals surface area (Å²) in [4.78, 5) is 0. The van der Waals surface area contributed by atoms with Gasteiger partial charge in [0.2, 0.25) is 0 Å². The molecule has 0 spiro atoms. The lowest BCUT2D eigenvalue weighted by Gasteiger charge is -2.51. The molecule has 0 amide bonds. The molecule has 0 aliphatic rings. The molecule has 1 heteroatoms. The highest BCUT2D eigenvalue weighted by atomic mass is 31.2. The average molecular weight is 278 g/mol. The molecule has 1 aromatic rings. The number of hydrogen-bond acceptors (Lipinski definition) is 0. The standard InChI is InChI=1S/C18H31P/c1-14(2)15-10-12-16(13-11-15)19(9,17(3,4)5)18(6,7)8/h10-14H,9H2,1-8H3. The van der Waals surface area contributed by atoms with Gasteiger partial charge in [-0.3, -0.25) is 0 Å². The largest absolute Gasteiger partial charge is 0.174 e. The van der Waals surface area contributed by atoms with E-state index >= 15 is 0 Å². The molecule has 0 unspecified atom stereocenters. The fourth-order valence-corrected chi connectivity index (χ4v) is 7.11. The molecule has 0 aromatic heterocycles. The Kier molecular flexibility index (Phi) is 4.58. The van der Waals surface area contributed by atoms with E-state index in [4.69, 9.17) is 6.66 Å². The fourth-order valence-electron chi connectivity index (χ4n) is 2.89. The Hall–Kier alpha value is -0.350. The maximum atomic E-state index is 4.77. The second-order valence-corrected chi connectivity index (χ2v) is 12.7. The minimum Gasteiger partial charge on any atom is -0.174 e. The fraction of sp³-hybridized carbons (Fsp3) is 0.611. The zero-order valence-corrected chi connectivity index (χ0v) is 14.9. The van der Waals surface area contributed by atoms with E-state index in [9.17, 15) is 0 Å². The lowest BCUT2D eigenvalue weighted by atomic mass is 10.0. The Morgan fingerprint density at radius 1 is 0.842 bits per heavy atom. The zero-order chi connectivity index (χ0) is 15.1. The summed E-state index contributed by atoms with van der Waals surface area (Å²) in [5.41, 5.74) is 1.41. The lowest BCUT2D eigenvalue weighted by Crippen LogP contribution is -2.38. The SMILES string of the molecule is [CH2-][P+](c1ccc(C(C)C)cc1)(C(C)(C)C)C(C)(C)C. The molecule has 0 saturated carbocycles. The summed E-state index contributed by atoms with van der Waals surface area (Å²) in [7, 11) is -1.49. The molecule has 0 nitrogen and oxygen atoms in total. The van der Waals surface area contributed by atoms with Crippen molar-refractivity contribution >= 4 is 12.6 Å². The smallest absolute Gasteiger partial charge is 0.0656 e. The van der Waals surface area contributed by atoms with E-state index in [1.165, 1.54) is 10.9 Å². The Balaban J connectivity index is 3.36. The first kappa shape index (κ1) is 16.7. The molecular weight excluding hydrogens is 247 g/mol. The molecule has 0 N–H and O–H groups in total. The van der Waals surface area contributed by atoms with Crippen molar-refractivity contribution in [1.82, 2.24) is 0 Å². The van der Waals surface area contributed by atoms with E-state index in [0.29, 0.717) is 5.92 Å². The number of benzene rings is 1. The number of rotatable bonds is 2. The van der Waals surface area contributed by atoms with Gasteiger partial charge >= 0.3 is 0 Å². The lowest BCUT2D eigenvalue weighted by molar-refractivity contribution is 0.702. The van der Waals surface area contributed by atoms with Crippen molar-refractivity contribution in [2.45, 2.75) is 71.6 Å². The summed E-state index contributed by atoms with van der Waals surface area (Å²) in [5, 5.41) is 1.91. The van der Waals surface area contributed by atoms with Crippen LogP contribution in [0.25, 0.3) is 0 Å². The van der Waals surface area contributed by atoms with Gasteiger partial charge in [-0.2, -0.15) is 6.66 Å². The van der Waals surface area contributed by atoms with Crippen LogP contribution in [0.5, 0.6) is 0 Å². The van der Waals surface area contributed by atoms with Crippen molar-refractivity contribution in [1.29, 1.82) is 0 Å². The summed E-state index contributed by atoms with van der Waals surface area (Å²) >= 11 is 0. The van der Waals surface area contributed by atoms with Crippen LogP contribution >= 0.6 is 7.26 Å². The monoisotopic (exact) mass is 278 g/mol. The van der Waals surface area contributed by atoms with Gasteiger partial charge in [-0.25, -0.2) is 0 Å². The van der Waals surface area contributed by atoms with Crippen LogP contribution in [0.4, 0.5) is 0 Å². The van der Waals surface area contributed by atoms with E-state index in [2.05, 4.69) is 79.7 Å². The molecule has 0 heterocycles. The van der Waals surface area contributed by atoms with Crippen molar-refractivity contribution in [2.24, 2.45) is 0 Å². The Labute approximate surface area is 121 Å². The molecule has 0 saturated heterocycles. The highest BCUT2D eigenvalue weighted by Gasteiger charge is 2.49. The second kappa shape index (κ2) is 5.21. The minimum absolute atomic E-state index is 0.227. The molecule has 0 aliphatic carbocycles. The first-order valence-electron chi connectivity index (χ1n) is 7.25. The summed E-state index contributed by atoms with van der Waals surface area (Å²) in [6.07, 6.45) is 0. The highest BCUT2D eigenvalue weighted by Crippen LogP contribution is 2.74. The summed E-state index contributed by atoms with van der Waals surface area (Å²) in [6, 6.07) is 9.23. The minimum atomic E-state index is -1.49. The van der Waals surface area contributed by atoms with Crippen molar-refractivity contribution in [2.75, 3.05) is 0 Å². The second-order valence-electron chi connectivity index (χ2n) is 7.90. The molecule has 0 radical (unpaired) electrons. The number of hydrogen-bond donors (Lipinski definition) is 0. The van der Waals surface area contributed by atoms with Crippen LogP contribution in [0.1, 0.15) is 66.9 Å². The summed E-state index contributed by atoms with van der Waals surface area (Å²) < 4.78 is 0. The molecule has 0 aliphatic heterocycles. The predicted octanol–water partition coefficient (Wildman–Crippen LogP) is 5.84. The van der Waals surface area contributed by atoms with Crippen LogP contribution in [0, 0.1) is 6.66 Å². The molecule has 1 aromatic carbocycles. The van der Waals surface area contributed by atoms with Gasteiger partial charge in [-0.15, -0.1) is 0 Å². The van der Waals surface area contributed by atoms with Gasteiger partial charge in [0.05, 0.1) is 15.6 Å². The van der Waals surface area contributed by atoms with Crippen LogP contribution in [-0.2, 0) is 0 Å². The van der Waals surface area contributed by atoms with Gasteiger partial charge in [-0.05, 0) is 65.2 Å². The molecule has 108 valence electrons. The molecule has 0 bridgehead atoms. The quantitative estimate of drug-likeness (QED) is 0.471. The first-order chi connectivity index (χ1) is 8.41. The Morgan fingerprint density at radius 3 is 1.47 bits per heavy atom. The Morgan fingerprint density at radius 2 is 1.21 bits per heavy atom. The van der Waals surface area contributed by atoms with Crippen molar-refractivity contribution in [3.05, 3.63) is 36.5 Å². The van der Waals surface area contributed by atoms with Gasteiger partial charge < -0.3 is 0 Å². The van der Waals surface area contributed by atoms with Gasteiger partial charge in [0, 0.05) is 0 Å². The van der Waals surface area contributed by atoms with Crippen LogP contribution in [0.3, 0.4) is 0 Å². The normalized spacial score (nSPS) is 14.0. The van der Waals surface area contributed by atoms with E-state index in [1.54, 1.807) is 0 Å². The Bertz CT molecular complexity index is 398. The third-order valence-corrected chi connectivity index (χ3v) is 10.1. The van der Waals surface area contributed by atoms with E-state index in [1.807, 2.05) is 0 Å². The third kappa shape index (κ3) is 3.05. The van der Waals surface area contributed by atoms with Gasteiger partial charge in [0.15, 0.2) is 0 Å². The van der Waals surface area contributed by atoms with Crippen molar-refractivity contribution in [3.63, 3.8) is 0 Å². The van der Waals surface area contributed by atoms with Gasteiger partial charge in [0.1, 0.15) is 0 Å². The first-order valence-corrected chi connectivity index (χ1v) is 9.23. The summed E-state index contributed by atoms with van der Waals surface area (Å²) in [6.45, 7) is 23.3. The van der Waals surface area contributed by atoms with Gasteiger partial charge in [0.25, 0.3) is 0 Å². The maximum absolute atomic E-state index is 4.77. The topological polar surface area (TPSA) is 0 Å². The summed E-state index contributed by atoms with van der Waals surface area (Å²) in [5.74, 6) is 0.593. The molecular formula is C18H31P. The molecule has 0 fully saturated rings. The van der Waals surface area contributed by atoms with Crippen LogP contribution in [-0.4, -0.2) is 10.3 Å². The highest BCUT2D eigenvalue weighted by molar-refractivity contribution is 7.86. The van der Waals surface area contributed by atoms with Crippen LogP contribution in [0.2, 0.25) is 0 Å². The predicted molar refractivity (Wildman–Crippen MR) is 91.9 cm³/mol. The molecule has 0 atom stereocenters. The van der Waals surface area contributed by atoms with Crippen LogP contribution < -0.4 is 5.30 Å². The van der Waals surface area contributed by atoms with E-state index in [0.717, 1.165) is 0 Å². The maximum Gasteiger partial charge on any atom is 0.0656 e. The van der Waals surface area contributed by atoms with Crippen LogP contribution in [0.15, 0.2) is 24.3 Å². The third-order valence-electron chi connectivity index (χ3n) is 4.29. The molecule has 19 heavy (non-hydrogen) atoms. The van der Waals surface area contributed by atoms with E-state index < -0.39 is 7.26 Å². The van der Waals surface area contributed by atoms with E-state index in [-0.39, 0.29) is 10.3 Å². The zero-order valence-electron chi connectivity index (χ0n) is 14.0. The average Bonchev–Trinajstić information content (AvgIpc) is 2.25. The van der Waals surface area contributed by atoms with Gasteiger partial charge in [-0.1, -0.05) is 33.2 Å².